The maximum absolute atomic E-state index is 15.0. The van der Waals surface area contributed by atoms with Crippen LogP contribution in [0.4, 0.5) is 5.69 Å². The lowest BCUT2D eigenvalue weighted by Crippen LogP contribution is -2.30. The Kier molecular flexibility index (Phi) is 7.34. The van der Waals surface area contributed by atoms with E-state index in [9.17, 15) is 9.59 Å². The van der Waals surface area contributed by atoms with Gasteiger partial charge in [0, 0.05) is 39.9 Å². The Hall–Kier alpha value is -7.44. The summed E-state index contributed by atoms with van der Waals surface area (Å²) in [6.07, 6.45) is 3.57. The van der Waals surface area contributed by atoms with E-state index in [-0.39, 0.29) is 11.8 Å². The number of rotatable bonds is 6. The highest BCUT2D eigenvalue weighted by atomic mass is 16.2. The van der Waals surface area contributed by atoms with Crippen molar-refractivity contribution in [2.45, 2.75) is 0 Å². The highest BCUT2D eigenvalue weighted by molar-refractivity contribution is 6.36. The largest absolute Gasteiger partial charge is 0.308 e. The van der Waals surface area contributed by atoms with Crippen LogP contribution in [-0.2, 0) is 0 Å². The zero-order chi connectivity index (χ0) is 36.2. The SMILES string of the molecule is O=C1c2cccc(-n3c4cc(-c5ccccn5)ccc4c4ccc(-c5ccccn5)cc43)c2C(=O)N1c1ccc(-c2ccccc2)cc1-c1ccccc1. The first kappa shape index (κ1) is 31.3. The lowest BCUT2D eigenvalue weighted by atomic mass is 9.97. The molecule has 0 radical (unpaired) electrons. The van der Waals surface area contributed by atoms with Crippen molar-refractivity contribution in [2.75, 3.05) is 4.90 Å². The van der Waals surface area contributed by atoms with Crippen LogP contribution in [0.1, 0.15) is 20.7 Å². The van der Waals surface area contributed by atoms with Crippen molar-refractivity contribution in [1.82, 2.24) is 14.5 Å². The van der Waals surface area contributed by atoms with Gasteiger partial charge in [-0.1, -0.05) is 109 Å². The van der Waals surface area contributed by atoms with Crippen molar-refractivity contribution in [3.63, 3.8) is 0 Å². The van der Waals surface area contributed by atoms with Crippen LogP contribution >= 0.6 is 0 Å². The van der Waals surface area contributed by atoms with Gasteiger partial charge >= 0.3 is 0 Å². The molecule has 0 N–H and O–H groups in total. The number of pyridine rings is 2. The molecular weight excluding hydrogens is 665 g/mol. The van der Waals surface area contributed by atoms with Gasteiger partial charge in [0.2, 0.25) is 0 Å². The summed E-state index contributed by atoms with van der Waals surface area (Å²) in [4.78, 5) is 40.1. The average molecular weight is 695 g/mol. The van der Waals surface area contributed by atoms with Crippen molar-refractivity contribution < 1.29 is 9.59 Å². The standard InChI is InChI=1S/C48H30N4O2/c53-47-38-16-11-19-43(46(38)48(54)52(47)42-25-22-33(31-12-3-1-4-13-31)28-39(42)32-14-5-2-6-15-32)51-44-29-34(40-17-7-9-26-49-40)20-23-36(44)37-24-21-35(30-45(37)51)41-18-8-10-27-50-41/h1-30H. The number of amides is 2. The third-order valence-electron chi connectivity index (χ3n) is 10.3. The maximum atomic E-state index is 15.0. The third kappa shape index (κ3) is 5.04. The van der Waals surface area contributed by atoms with Gasteiger partial charge in [0.15, 0.2) is 0 Å². The normalized spacial score (nSPS) is 12.5. The van der Waals surface area contributed by atoms with Gasteiger partial charge in [-0.15, -0.1) is 0 Å². The fraction of sp³-hybridized carbons (Fsp3) is 0. The summed E-state index contributed by atoms with van der Waals surface area (Å²) in [6, 6.07) is 55.9. The first-order valence-electron chi connectivity index (χ1n) is 17.8. The van der Waals surface area contributed by atoms with Gasteiger partial charge in [-0.2, -0.15) is 0 Å². The molecule has 0 fully saturated rings. The molecule has 6 nitrogen and oxygen atoms in total. The van der Waals surface area contributed by atoms with Crippen LogP contribution in [-0.4, -0.2) is 26.3 Å². The molecule has 1 aliphatic heterocycles. The van der Waals surface area contributed by atoms with E-state index in [0.29, 0.717) is 22.5 Å². The van der Waals surface area contributed by atoms with Crippen LogP contribution in [0.5, 0.6) is 0 Å². The van der Waals surface area contributed by atoms with E-state index >= 15 is 0 Å². The van der Waals surface area contributed by atoms with Crippen molar-refractivity contribution in [3.8, 4) is 50.5 Å². The summed E-state index contributed by atoms with van der Waals surface area (Å²) < 4.78 is 2.12. The second-order valence-electron chi connectivity index (χ2n) is 13.3. The molecule has 10 rings (SSSR count). The fourth-order valence-corrected chi connectivity index (χ4v) is 7.73. The predicted octanol–water partition coefficient (Wildman–Crippen LogP) is 11.0. The van der Waals surface area contributed by atoms with E-state index < -0.39 is 0 Å². The molecule has 0 unspecified atom stereocenters. The van der Waals surface area contributed by atoms with Crippen LogP contribution in [0.3, 0.4) is 0 Å². The van der Waals surface area contributed by atoms with E-state index in [1.54, 1.807) is 18.5 Å². The Morgan fingerprint density at radius 2 is 0.963 bits per heavy atom. The van der Waals surface area contributed by atoms with Crippen LogP contribution in [0, 0.1) is 0 Å². The minimum Gasteiger partial charge on any atom is -0.308 e. The predicted molar refractivity (Wildman–Crippen MR) is 216 cm³/mol. The number of anilines is 1. The average Bonchev–Trinajstić information content (AvgIpc) is 3.71. The van der Waals surface area contributed by atoms with Gasteiger partial charge in [-0.25, -0.2) is 4.90 Å². The molecule has 0 atom stereocenters. The van der Waals surface area contributed by atoms with E-state index in [1.807, 2.05) is 109 Å². The fourth-order valence-electron chi connectivity index (χ4n) is 7.73. The zero-order valence-electron chi connectivity index (χ0n) is 28.9. The zero-order valence-corrected chi connectivity index (χ0v) is 28.9. The molecular formula is C48H30N4O2. The Labute approximate surface area is 311 Å². The quantitative estimate of drug-likeness (QED) is 0.163. The molecule has 1 aliphatic rings. The Bertz CT molecular complexity index is 2810. The summed E-state index contributed by atoms with van der Waals surface area (Å²) in [6.45, 7) is 0. The summed E-state index contributed by atoms with van der Waals surface area (Å²) in [5.74, 6) is -0.724. The van der Waals surface area contributed by atoms with Crippen LogP contribution in [0.2, 0.25) is 0 Å². The lowest BCUT2D eigenvalue weighted by molar-refractivity contribution is 0.0926. The number of imide groups is 1. The maximum Gasteiger partial charge on any atom is 0.268 e. The number of nitrogens with zero attached hydrogens (tertiary/aromatic N) is 4. The van der Waals surface area contributed by atoms with Gasteiger partial charge in [0.05, 0.1) is 44.9 Å². The van der Waals surface area contributed by atoms with Crippen LogP contribution in [0.25, 0.3) is 72.3 Å². The van der Waals surface area contributed by atoms with Gasteiger partial charge < -0.3 is 4.57 Å². The van der Waals surface area contributed by atoms with Crippen molar-refractivity contribution in [1.29, 1.82) is 0 Å². The number of carbonyl (C=O) groups excluding carboxylic acids is 2. The van der Waals surface area contributed by atoms with E-state index in [1.165, 1.54) is 4.90 Å². The van der Waals surface area contributed by atoms with E-state index in [0.717, 1.165) is 66.6 Å². The molecule has 0 saturated heterocycles. The molecule has 4 heterocycles. The van der Waals surface area contributed by atoms with Crippen LogP contribution in [0.15, 0.2) is 182 Å². The number of carbonyl (C=O) groups is 2. The van der Waals surface area contributed by atoms with Gasteiger partial charge in [0.25, 0.3) is 11.8 Å². The van der Waals surface area contributed by atoms with Crippen LogP contribution < -0.4 is 4.90 Å². The molecule has 6 heteroatoms. The molecule has 0 aliphatic carbocycles. The number of hydrogen-bond acceptors (Lipinski definition) is 4. The summed E-state index contributed by atoms with van der Waals surface area (Å²) in [5, 5.41) is 2.04. The highest BCUT2D eigenvalue weighted by Gasteiger charge is 2.40. The third-order valence-corrected chi connectivity index (χ3v) is 10.3. The number of hydrogen-bond donors (Lipinski definition) is 0. The first-order valence-corrected chi connectivity index (χ1v) is 17.8. The topological polar surface area (TPSA) is 68.1 Å². The molecule has 3 aromatic heterocycles. The summed E-state index contributed by atoms with van der Waals surface area (Å²) >= 11 is 0. The smallest absolute Gasteiger partial charge is 0.268 e. The molecule has 0 bridgehead atoms. The number of aromatic nitrogens is 3. The lowest BCUT2D eigenvalue weighted by Gasteiger charge is -2.20. The van der Waals surface area contributed by atoms with Crippen molar-refractivity contribution >= 4 is 39.3 Å². The molecule has 9 aromatic rings. The molecule has 6 aromatic carbocycles. The Balaban J connectivity index is 1.19. The van der Waals surface area contributed by atoms with Crippen molar-refractivity contribution in [2.24, 2.45) is 0 Å². The number of benzene rings is 6. The highest BCUT2D eigenvalue weighted by Crippen LogP contribution is 2.42. The van der Waals surface area contributed by atoms with Crippen molar-refractivity contribution in [3.05, 3.63) is 193 Å². The van der Waals surface area contributed by atoms with Gasteiger partial charge in [0.1, 0.15) is 0 Å². The van der Waals surface area contributed by atoms with E-state index in [2.05, 4.69) is 69.1 Å². The Morgan fingerprint density at radius 1 is 0.389 bits per heavy atom. The second kappa shape index (κ2) is 12.7. The monoisotopic (exact) mass is 694 g/mol. The minimum absolute atomic E-state index is 0.356. The number of fused-ring (bicyclic) bond motifs is 4. The summed E-state index contributed by atoms with van der Waals surface area (Å²) in [5.41, 5.74) is 11.0. The molecule has 0 spiro atoms. The Morgan fingerprint density at radius 3 is 1.56 bits per heavy atom. The second-order valence-corrected chi connectivity index (χ2v) is 13.3. The molecule has 254 valence electrons. The van der Waals surface area contributed by atoms with E-state index in [4.69, 9.17) is 0 Å². The molecule has 2 amide bonds. The minimum atomic E-state index is -0.369. The molecule has 0 saturated carbocycles. The summed E-state index contributed by atoms with van der Waals surface area (Å²) in [7, 11) is 0. The van der Waals surface area contributed by atoms with Gasteiger partial charge in [-0.3, -0.25) is 19.6 Å². The first-order chi connectivity index (χ1) is 26.6. The van der Waals surface area contributed by atoms with Gasteiger partial charge in [-0.05, 0) is 77.4 Å². The molecule has 54 heavy (non-hydrogen) atoms.